The van der Waals surface area contributed by atoms with Gasteiger partial charge >= 0.3 is 0 Å². The van der Waals surface area contributed by atoms with Crippen molar-refractivity contribution in [3.63, 3.8) is 0 Å². The van der Waals surface area contributed by atoms with Crippen LogP contribution in [0.2, 0.25) is 0 Å². The van der Waals surface area contributed by atoms with E-state index in [1.54, 1.807) is 0 Å². The fraction of sp³-hybridized carbons (Fsp3) is 0.529. The molecular formula is C17H23N3O2S. The summed E-state index contributed by atoms with van der Waals surface area (Å²) in [5.74, 6) is 0.831. The maximum absolute atomic E-state index is 10.6. The molecule has 2 aromatic rings. The molecule has 1 aromatic carbocycles. The van der Waals surface area contributed by atoms with Gasteiger partial charge in [0.25, 0.3) is 0 Å². The molecule has 3 rings (SSSR count). The Kier molecular flexibility index (Phi) is 5.25. The number of aliphatic hydroxyl groups is 1. The number of aromatic nitrogens is 2. The van der Waals surface area contributed by atoms with Gasteiger partial charge in [-0.25, -0.2) is 0 Å². The van der Waals surface area contributed by atoms with Crippen molar-refractivity contribution in [3.05, 3.63) is 40.4 Å². The molecule has 0 unspecified atom stereocenters. The number of rotatable bonds is 5. The lowest BCUT2D eigenvalue weighted by atomic mass is 9.89. The first-order valence-electron chi connectivity index (χ1n) is 8.06. The zero-order valence-electron chi connectivity index (χ0n) is 13.5. The third-order valence-electron chi connectivity index (χ3n) is 4.34. The van der Waals surface area contributed by atoms with Gasteiger partial charge < -0.3 is 15.2 Å². The molecule has 3 atom stereocenters. The molecule has 1 heterocycles. The van der Waals surface area contributed by atoms with Crippen molar-refractivity contribution in [3.8, 4) is 5.75 Å². The van der Waals surface area contributed by atoms with E-state index in [4.69, 9.17) is 4.74 Å². The van der Waals surface area contributed by atoms with E-state index in [0.717, 1.165) is 41.1 Å². The Bertz CT molecular complexity index is 646. The third-order valence-corrected chi connectivity index (χ3v) is 5.17. The minimum absolute atomic E-state index is 0.0417. The lowest BCUT2D eigenvalue weighted by molar-refractivity contribution is -0.0157. The summed E-state index contributed by atoms with van der Waals surface area (Å²) in [6.45, 7) is 4.70. The zero-order valence-corrected chi connectivity index (χ0v) is 14.3. The maximum atomic E-state index is 10.6. The van der Waals surface area contributed by atoms with E-state index in [1.165, 1.54) is 11.5 Å². The van der Waals surface area contributed by atoms with Crippen LogP contribution >= 0.6 is 11.5 Å². The predicted molar refractivity (Wildman–Crippen MR) is 90.7 cm³/mol. The lowest BCUT2D eigenvalue weighted by Gasteiger charge is -2.35. The minimum Gasteiger partial charge on any atom is -0.488 e. The molecule has 0 spiro atoms. The summed E-state index contributed by atoms with van der Waals surface area (Å²) in [5.41, 5.74) is 2.12. The van der Waals surface area contributed by atoms with Crippen molar-refractivity contribution in [1.82, 2.24) is 14.9 Å². The quantitative estimate of drug-likeness (QED) is 0.880. The number of aryl methyl sites for hydroxylation is 2. The van der Waals surface area contributed by atoms with E-state index in [-0.39, 0.29) is 12.1 Å². The molecule has 1 aliphatic rings. The monoisotopic (exact) mass is 333 g/mol. The molecule has 0 saturated heterocycles. The topological polar surface area (TPSA) is 67.3 Å². The summed E-state index contributed by atoms with van der Waals surface area (Å²) >= 11 is 1.41. The molecule has 0 aliphatic heterocycles. The van der Waals surface area contributed by atoms with Crippen molar-refractivity contribution in [2.24, 2.45) is 0 Å². The first-order chi connectivity index (χ1) is 11.1. The van der Waals surface area contributed by atoms with Crippen LogP contribution in [0.1, 0.15) is 35.4 Å². The van der Waals surface area contributed by atoms with Crippen LogP contribution in [0.15, 0.2) is 24.3 Å². The molecule has 1 aromatic heterocycles. The van der Waals surface area contributed by atoms with Crippen LogP contribution in [0.4, 0.5) is 0 Å². The van der Waals surface area contributed by atoms with Crippen LogP contribution in [-0.4, -0.2) is 32.9 Å². The standard InChI is InChI=1S/C17H23N3O2S/c1-11-5-3-6-13(9-11)22-15-8-4-7-14(17(15)21)18-10-16-12(2)19-20-23-16/h3,5-6,9,14-15,17-18,21H,4,7-8,10H2,1-2H3/t14-,15+,17+/m0/s1. The highest BCUT2D eigenvalue weighted by molar-refractivity contribution is 7.05. The van der Waals surface area contributed by atoms with Crippen LogP contribution in [0.5, 0.6) is 5.75 Å². The molecule has 6 heteroatoms. The van der Waals surface area contributed by atoms with E-state index in [0.29, 0.717) is 6.54 Å². The number of aliphatic hydroxyl groups excluding tert-OH is 1. The van der Waals surface area contributed by atoms with Crippen molar-refractivity contribution in [2.45, 2.75) is 57.9 Å². The van der Waals surface area contributed by atoms with E-state index >= 15 is 0 Å². The summed E-state index contributed by atoms with van der Waals surface area (Å²) < 4.78 is 9.98. The molecule has 0 radical (unpaired) electrons. The van der Waals surface area contributed by atoms with E-state index in [2.05, 4.69) is 14.9 Å². The molecule has 0 bridgehead atoms. The number of hydrogen-bond donors (Lipinski definition) is 2. The highest BCUT2D eigenvalue weighted by atomic mass is 32.1. The molecular weight excluding hydrogens is 310 g/mol. The molecule has 23 heavy (non-hydrogen) atoms. The smallest absolute Gasteiger partial charge is 0.126 e. The summed E-state index contributed by atoms with van der Waals surface area (Å²) in [5, 5.41) is 18.1. The second-order valence-electron chi connectivity index (χ2n) is 6.16. The van der Waals surface area contributed by atoms with E-state index < -0.39 is 6.10 Å². The summed E-state index contributed by atoms with van der Waals surface area (Å²) in [7, 11) is 0. The highest BCUT2D eigenvalue weighted by Gasteiger charge is 2.33. The van der Waals surface area contributed by atoms with Crippen LogP contribution < -0.4 is 10.1 Å². The summed E-state index contributed by atoms with van der Waals surface area (Å²) in [6, 6.07) is 8.02. The number of nitrogens with one attached hydrogen (secondary N) is 1. The van der Waals surface area contributed by atoms with Gasteiger partial charge in [0.2, 0.25) is 0 Å². The van der Waals surface area contributed by atoms with Crippen LogP contribution in [-0.2, 0) is 6.54 Å². The van der Waals surface area contributed by atoms with Crippen LogP contribution in [0.3, 0.4) is 0 Å². The van der Waals surface area contributed by atoms with Gasteiger partial charge in [-0.1, -0.05) is 16.6 Å². The minimum atomic E-state index is -0.509. The fourth-order valence-corrected chi connectivity index (χ4v) is 3.57. The van der Waals surface area contributed by atoms with Gasteiger partial charge in [-0.3, -0.25) is 0 Å². The van der Waals surface area contributed by atoms with Crippen molar-refractivity contribution >= 4 is 11.5 Å². The normalized spacial score (nSPS) is 24.6. The Labute approximate surface area is 140 Å². The zero-order chi connectivity index (χ0) is 16.2. The molecule has 124 valence electrons. The van der Waals surface area contributed by atoms with Gasteiger partial charge in [0.05, 0.1) is 10.6 Å². The maximum Gasteiger partial charge on any atom is 0.126 e. The van der Waals surface area contributed by atoms with Crippen LogP contribution in [0, 0.1) is 13.8 Å². The molecule has 5 nitrogen and oxygen atoms in total. The Balaban J connectivity index is 1.59. The number of hydrogen-bond acceptors (Lipinski definition) is 6. The average Bonchev–Trinajstić information content (AvgIpc) is 2.93. The SMILES string of the molecule is Cc1cccc(O[C@@H]2CCC[C@H](NCc3snnc3C)[C@H]2O)c1. The molecule has 1 aliphatic carbocycles. The second-order valence-corrected chi connectivity index (χ2v) is 7.00. The third kappa shape index (κ3) is 4.07. The largest absolute Gasteiger partial charge is 0.488 e. The first kappa shape index (κ1) is 16.4. The summed E-state index contributed by atoms with van der Waals surface area (Å²) in [6.07, 6.45) is 2.22. The van der Waals surface area contributed by atoms with Gasteiger partial charge in [-0.05, 0) is 62.3 Å². The van der Waals surface area contributed by atoms with Crippen molar-refractivity contribution in [1.29, 1.82) is 0 Å². The Morgan fingerprint density at radius 3 is 2.96 bits per heavy atom. The predicted octanol–water partition coefficient (Wildman–Crippen LogP) is 2.61. The van der Waals surface area contributed by atoms with Gasteiger partial charge in [-0.15, -0.1) is 5.10 Å². The number of benzene rings is 1. The fourth-order valence-electron chi connectivity index (χ4n) is 2.99. The van der Waals surface area contributed by atoms with E-state index in [1.807, 2.05) is 38.1 Å². The van der Waals surface area contributed by atoms with E-state index in [9.17, 15) is 5.11 Å². The molecule has 1 fully saturated rings. The first-order valence-corrected chi connectivity index (χ1v) is 8.83. The van der Waals surface area contributed by atoms with Gasteiger partial charge in [0.1, 0.15) is 18.0 Å². The van der Waals surface area contributed by atoms with Gasteiger partial charge in [-0.2, -0.15) is 0 Å². The summed E-state index contributed by atoms with van der Waals surface area (Å²) in [4.78, 5) is 1.12. The highest BCUT2D eigenvalue weighted by Crippen LogP contribution is 2.25. The Morgan fingerprint density at radius 1 is 1.35 bits per heavy atom. The molecule has 1 saturated carbocycles. The van der Waals surface area contributed by atoms with Crippen molar-refractivity contribution < 1.29 is 9.84 Å². The molecule has 2 N–H and O–H groups in total. The van der Waals surface area contributed by atoms with Gasteiger partial charge in [0, 0.05) is 12.6 Å². The van der Waals surface area contributed by atoms with Crippen LogP contribution in [0.25, 0.3) is 0 Å². The number of nitrogens with zero attached hydrogens (tertiary/aromatic N) is 2. The Hall–Kier alpha value is -1.50. The van der Waals surface area contributed by atoms with Crippen molar-refractivity contribution in [2.75, 3.05) is 0 Å². The Morgan fingerprint density at radius 2 is 2.22 bits per heavy atom. The lowest BCUT2D eigenvalue weighted by Crippen LogP contribution is -2.50. The van der Waals surface area contributed by atoms with Gasteiger partial charge in [0.15, 0.2) is 0 Å². The molecule has 0 amide bonds. The second kappa shape index (κ2) is 7.38. The average molecular weight is 333 g/mol. The number of ether oxygens (including phenoxy) is 1.